The molecular formula is C22H22N2O5S. The second-order valence-electron chi connectivity index (χ2n) is 6.18. The number of benzene rings is 3. The van der Waals surface area contributed by atoms with Crippen LogP contribution in [0.3, 0.4) is 0 Å². The number of hydrogen-bond acceptors (Lipinski definition) is 6. The number of hydrogen-bond donors (Lipinski definition) is 1. The number of hydrazone groups is 1. The SMILES string of the molecule is COc1ccc(S(=O)(=O)N/N=C/c2ccccc2OCc2ccccc2)cc1OC. The van der Waals surface area contributed by atoms with Crippen molar-refractivity contribution in [3.8, 4) is 17.2 Å². The van der Waals surface area contributed by atoms with E-state index < -0.39 is 10.0 Å². The number of sulfonamides is 1. The van der Waals surface area contributed by atoms with Gasteiger partial charge >= 0.3 is 0 Å². The van der Waals surface area contributed by atoms with E-state index in [0.717, 1.165) is 5.56 Å². The maximum Gasteiger partial charge on any atom is 0.276 e. The van der Waals surface area contributed by atoms with Crippen LogP contribution in [0.5, 0.6) is 17.2 Å². The maximum absolute atomic E-state index is 12.5. The number of rotatable bonds is 9. The molecule has 0 aliphatic rings. The molecule has 0 aliphatic heterocycles. The highest BCUT2D eigenvalue weighted by molar-refractivity contribution is 7.89. The lowest BCUT2D eigenvalue weighted by molar-refractivity contribution is 0.306. The van der Waals surface area contributed by atoms with Crippen molar-refractivity contribution in [1.29, 1.82) is 0 Å². The van der Waals surface area contributed by atoms with E-state index in [1.165, 1.54) is 38.6 Å². The largest absolute Gasteiger partial charge is 0.493 e. The molecule has 156 valence electrons. The van der Waals surface area contributed by atoms with Crippen LogP contribution in [0.25, 0.3) is 0 Å². The molecule has 3 rings (SSSR count). The van der Waals surface area contributed by atoms with Gasteiger partial charge in [-0.15, -0.1) is 0 Å². The minimum Gasteiger partial charge on any atom is -0.493 e. The first-order valence-corrected chi connectivity index (χ1v) is 10.5. The molecule has 0 heterocycles. The van der Waals surface area contributed by atoms with E-state index in [2.05, 4.69) is 9.93 Å². The Bertz CT molecular complexity index is 1120. The van der Waals surface area contributed by atoms with Gasteiger partial charge in [-0.25, -0.2) is 4.83 Å². The third-order valence-electron chi connectivity index (χ3n) is 4.20. The molecule has 0 atom stereocenters. The Hall–Kier alpha value is -3.52. The topological polar surface area (TPSA) is 86.2 Å². The van der Waals surface area contributed by atoms with Gasteiger partial charge in [0.25, 0.3) is 10.0 Å². The molecule has 8 heteroatoms. The van der Waals surface area contributed by atoms with Gasteiger partial charge in [-0.05, 0) is 29.8 Å². The zero-order valence-corrected chi connectivity index (χ0v) is 17.4. The molecule has 1 N–H and O–H groups in total. The molecule has 3 aromatic carbocycles. The van der Waals surface area contributed by atoms with E-state index in [-0.39, 0.29) is 4.90 Å². The number of para-hydroxylation sites is 1. The molecule has 0 aromatic heterocycles. The van der Waals surface area contributed by atoms with Gasteiger partial charge in [0.1, 0.15) is 12.4 Å². The second kappa shape index (κ2) is 9.80. The minimum atomic E-state index is -3.88. The van der Waals surface area contributed by atoms with Gasteiger partial charge in [-0.1, -0.05) is 42.5 Å². The molecule has 0 fully saturated rings. The van der Waals surface area contributed by atoms with Crippen molar-refractivity contribution in [2.24, 2.45) is 5.10 Å². The predicted octanol–water partition coefficient (Wildman–Crippen LogP) is 3.60. The average molecular weight is 426 g/mol. The van der Waals surface area contributed by atoms with Crippen LogP contribution in [0.2, 0.25) is 0 Å². The molecule has 0 bridgehead atoms. The lowest BCUT2D eigenvalue weighted by Crippen LogP contribution is -2.18. The van der Waals surface area contributed by atoms with Gasteiger partial charge in [0.15, 0.2) is 11.5 Å². The molecule has 7 nitrogen and oxygen atoms in total. The summed E-state index contributed by atoms with van der Waals surface area (Å²) < 4.78 is 41.2. The van der Waals surface area contributed by atoms with Crippen molar-refractivity contribution in [3.05, 3.63) is 83.9 Å². The Morgan fingerprint density at radius 2 is 1.57 bits per heavy atom. The van der Waals surface area contributed by atoms with Gasteiger partial charge < -0.3 is 14.2 Å². The van der Waals surface area contributed by atoms with E-state index in [9.17, 15) is 8.42 Å². The monoisotopic (exact) mass is 426 g/mol. The summed E-state index contributed by atoms with van der Waals surface area (Å²) in [7, 11) is -0.966. The van der Waals surface area contributed by atoms with Gasteiger partial charge in [-0.2, -0.15) is 13.5 Å². The Kier molecular flexibility index (Phi) is 6.92. The summed E-state index contributed by atoms with van der Waals surface area (Å²) in [5.41, 5.74) is 1.67. The van der Waals surface area contributed by atoms with Crippen LogP contribution < -0.4 is 19.0 Å². The smallest absolute Gasteiger partial charge is 0.276 e. The Morgan fingerprint density at radius 1 is 0.867 bits per heavy atom. The molecular weight excluding hydrogens is 404 g/mol. The highest BCUT2D eigenvalue weighted by atomic mass is 32.2. The van der Waals surface area contributed by atoms with Crippen LogP contribution in [-0.4, -0.2) is 28.9 Å². The summed E-state index contributed by atoms with van der Waals surface area (Å²) in [5, 5.41) is 3.89. The molecule has 0 amide bonds. The van der Waals surface area contributed by atoms with Gasteiger partial charge in [0, 0.05) is 11.6 Å². The molecule has 0 radical (unpaired) electrons. The van der Waals surface area contributed by atoms with E-state index in [1.54, 1.807) is 12.1 Å². The van der Waals surface area contributed by atoms with Crippen molar-refractivity contribution < 1.29 is 22.6 Å². The molecule has 3 aromatic rings. The fraction of sp³-hybridized carbons (Fsp3) is 0.136. The first-order chi connectivity index (χ1) is 14.5. The summed E-state index contributed by atoms with van der Waals surface area (Å²) in [6.45, 7) is 0.392. The van der Waals surface area contributed by atoms with Crippen LogP contribution in [0.15, 0.2) is 82.8 Å². The van der Waals surface area contributed by atoms with Gasteiger partial charge in [0.2, 0.25) is 0 Å². The number of ether oxygens (including phenoxy) is 3. The van der Waals surface area contributed by atoms with Crippen molar-refractivity contribution in [3.63, 3.8) is 0 Å². The average Bonchev–Trinajstić information content (AvgIpc) is 2.78. The number of nitrogens with one attached hydrogen (secondary N) is 1. The summed E-state index contributed by atoms with van der Waals surface area (Å²) >= 11 is 0. The predicted molar refractivity (Wildman–Crippen MR) is 115 cm³/mol. The highest BCUT2D eigenvalue weighted by Gasteiger charge is 2.16. The first kappa shape index (κ1) is 21.2. The quantitative estimate of drug-likeness (QED) is 0.417. The molecule has 0 aliphatic carbocycles. The maximum atomic E-state index is 12.5. The number of nitrogens with zero attached hydrogens (tertiary/aromatic N) is 1. The zero-order valence-electron chi connectivity index (χ0n) is 16.6. The fourth-order valence-electron chi connectivity index (χ4n) is 2.66. The fourth-order valence-corrected chi connectivity index (χ4v) is 3.46. The third-order valence-corrected chi connectivity index (χ3v) is 5.42. The van der Waals surface area contributed by atoms with Crippen molar-refractivity contribution in [2.45, 2.75) is 11.5 Å². The van der Waals surface area contributed by atoms with Crippen molar-refractivity contribution >= 4 is 16.2 Å². The summed E-state index contributed by atoms with van der Waals surface area (Å²) in [5.74, 6) is 1.34. The third kappa shape index (κ3) is 5.30. The standard InChI is InChI=1S/C22H22N2O5S/c1-27-21-13-12-19(14-22(21)28-2)30(25,26)24-23-15-18-10-6-7-11-20(18)29-16-17-8-4-3-5-9-17/h3-15,24H,16H2,1-2H3/b23-15+. The van der Waals surface area contributed by atoms with Crippen LogP contribution in [0.4, 0.5) is 0 Å². The number of methoxy groups -OCH3 is 2. The normalized spacial score (nSPS) is 11.3. The summed E-state index contributed by atoms with van der Waals surface area (Å²) in [4.78, 5) is 2.21. The van der Waals surface area contributed by atoms with Crippen LogP contribution >= 0.6 is 0 Å². The second-order valence-corrected chi connectivity index (χ2v) is 7.84. The lowest BCUT2D eigenvalue weighted by Gasteiger charge is -2.10. The molecule has 30 heavy (non-hydrogen) atoms. The van der Waals surface area contributed by atoms with Gasteiger partial charge in [-0.3, -0.25) is 0 Å². The Morgan fingerprint density at radius 3 is 2.30 bits per heavy atom. The molecule has 0 unspecified atom stereocenters. The highest BCUT2D eigenvalue weighted by Crippen LogP contribution is 2.29. The first-order valence-electron chi connectivity index (χ1n) is 9.06. The van der Waals surface area contributed by atoms with E-state index >= 15 is 0 Å². The van der Waals surface area contributed by atoms with E-state index in [0.29, 0.717) is 29.4 Å². The molecule has 0 saturated carbocycles. The van der Waals surface area contributed by atoms with Crippen LogP contribution in [-0.2, 0) is 16.6 Å². The van der Waals surface area contributed by atoms with Crippen molar-refractivity contribution in [2.75, 3.05) is 14.2 Å². The van der Waals surface area contributed by atoms with Gasteiger partial charge in [0.05, 0.1) is 25.3 Å². The van der Waals surface area contributed by atoms with Crippen LogP contribution in [0.1, 0.15) is 11.1 Å². The minimum absolute atomic E-state index is 0.00547. The van der Waals surface area contributed by atoms with Crippen molar-refractivity contribution in [1.82, 2.24) is 4.83 Å². The van der Waals surface area contributed by atoms with E-state index in [1.807, 2.05) is 42.5 Å². The van der Waals surface area contributed by atoms with Crippen LogP contribution in [0, 0.1) is 0 Å². The molecule has 0 saturated heterocycles. The Balaban J connectivity index is 1.72. The Labute approximate surface area is 176 Å². The zero-order chi connectivity index (χ0) is 21.4. The summed E-state index contributed by atoms with van der Waals surface area (Å²) in [6.07, 6.45) is 1.40. The molecule has 0 spiro atoms. The summed E-state index contributed by atoms with van der Waals surface area (Å²) in [6, 6.07) is 21.3. The van der Waals surface area contributed by atoms with E-state index in [4.69, 9.17) is 14.2 Å². The lowest BCUT2D eigenvalue weighted by atomic mass is 10.2.